The number of carboxylic acids is 1. The molecule has 1 aliphatic heterocycles. The van der Waals surface area contributed by atoms with Crippen molar-refractivity contribution in [2.45, 2.75) is 57.4 Å². The van der Waals surface area contributed by atoms with Gasteiger partial charge >= 0.3 is 5.97 Å². The Balaban J connectivity index is 1.73. The van der Waals surface area contributed by atoms with E-state index in [-0.39, 0.29) is 12.0 Å². The van der Waals surface area contributed by atoms with E-state index in [1.807, 2.05) is 0 Å². The maximum atomic E-state index is 11.0. The summed E-state index contributed by atoms with van der Waals surface area (Å²) in [6.45, 7) is 0.881. The molecule has 0 aromatic carbocycles. The highest BCUT2D eigenvalue weighted by atomic mass is 16.4. The first kappa shape index (κ1) is 11.9. The Kier molecular flexibility index (Phi) is 4.22. The molecule has 3 nitrogen and oxygen atoms in total. The summed E-state index contributed by atoms with van der Waals surface area (Å²) in [5.74, 6) is 0.118. The molecule has 0 bridgehead atoms. The Morgan fingerprint density at radius 1 is 1.12 bits per heavy atom. The quantitative estimate of drug-likeness (QED) is 0.772. The summed E-state index contributed by atoms with van der Waals surface area (Å²) in [6, 6.07) is 0.236. The van der Waals surface area contributed by atoms with E-state index in [9.17, 15) is 4.79 Å². The molecule has 2 N–H and O–H groups in total. The van der Waals surface area contributed by atoms with Crippen molar-refractivity contribution in [1.82, 2.24) is 5.32 Å². The summed E-state index contributed by atoms with van der Waals surface area (Å²) in [4.78, 5) is 11.0. The zero-order valence-corrected chi connectivity index (χ0v) is 9.95. The normalized spacial score (nSPS) is 31.8. The fourth-order valence-corrected chi connectivity index (χ4v) is 3.26. The fourth-order valence-electron chi connectivity index (χ4n) is 3.26. The molecule has 92 valence electrons. The lowest BCUT2D eigenvalue weighted by Crippen LogP contribution is -2.31. The number of nitrogens with one attached hydrogen (secondary N) is 1. The van der Waals surface area contributed by atoms with E-state index in [2.05, 4.69) is 5.32 Å². The van der Waals surface area contributed by atoms with Crippen molar-refractivity contribution >= 4 is 5.97 Å². The third-order valence-electron chi connectivity index (χ3n) is 4.28. The third kappa shape index (κ3) is 2.97. The Labute approximate surface area is 97.6 Å². The van der Waals surface area contributed by atoms with Gasteiger partial charge in [0.2, 0.25) is 0 Å². The lowest BCUT2D eigenvalue weighted by molar-refractivity contribution is -0.142. The Morgan fingerprint density at radius 3 is 2.56 bits per heavy atom. The highest BCUT2D eigenvalue weighted by Gasteiger charge is 2.32. The first-order valence-electron chi connectivity index (χ1n) is 6.73. The summed E-state index contributed by atoms with van der Waals surface area (Å²) >= 11 is 0. The molecule has 2 fully saturated rings. The summed E-state index contributed by atoms with van der Waals surface area (Å²) in [6.07, 6.45) is 9.98. The average molecular weight is 225 g/mol. The SMILES string of the molecule is O=C(O)C1CCNC1CCC1CCCCC1. The van der Waals surface area contributed by atoms with Crippen molar-refractivity contribution in [2.24, 2.45) is 11.8 Å². The maximum absolute atomic E-state index is 11.0. The predicted molar refractivity (Wildman–Crippen MR) is 63.3 cm³/mol. The Morgan fingerprint density at radius 2 is 1.88 bits per heavy atom. The van der Waals surface area contributed by atoms with Gasteiger partial charge in [0, 0.05) is 6.04 Å². The average Bonchev–Trinajstić information content (AvgIpc) is 2.76. The second-order valence-electron chi connectivity index (χ2n) is 5.38. The molecule has 2 unspecified atom stereocenters. The molecule has 1 heterocycles. The molecule has 2 aliphatic rings. The Bertz CT molecular complexity index is 236. The van der Waals surface area contributed by atoms with E-state index in [4.69, 9.17) is 5.11 Å². The van der Waals surface area contributed by atoms with E-state index in [1.54, 1.807) is 0 Å². The van der Waals surface area contributed by atoms with Gasteiger partial charge in [0.15, 0.2) is 0 Å². The van der Waals surface area contributed by atoms with Gasteiger partial charge in [0.05, 0.1) is 5.92 Å². The maximum Gasteiger partial charge on any atom is 0.308 e. The van der Waals surface area contributed by atoms with Crippen LogP contribution >= 0.6 is 0 Å². The molecule has 0 amide bonds. The first-order chi connectivity index (χ1) is 7.77. The minimum absolute atomic E-state index is 0.136. The van der Waals surface area contributed by atoms with Crippen molar-refractivity contribution in [3.05, 3.63) is 0 Å². The summed E-state index contributed by atoms with van der Waals surface area (Å²) in [5.41, 5.74) is 0. The predicted octanol–water partition coefficient (Wildman–Crippen LogP) is 2.41. The van der Waals surface area contributed by atoms with Crippen LogP contribution in [0, 0.1) is 11.8 Å². The molecular formula is C13H23NO2. The monoisotopic (exact) mass is 225 g/mol. The van der Waals surface area contributed by atoms with Crippen molar-refractivity contribution < 1.29 is 9.90 Å². The zero-order valence-electron chi connectivity index (χ0n) is 9.95. The topological polar surface area (TPSA) is 49.3 Å². The van der Waals surface area contributed by atoms with Gasteiger partial charge in [-0.05, 0) is 31.7 Å². The van der Waals surface area contributed by atoms with Crippen LogP contribution in [-0.4, -0.2) is 23.7 Å². The molecule has 3 heteroatoms. The lowest BCUT2D eigenvalue weighted by Gasteiger charge is -2.24. The van der Waals surface area contributed by atoms with Crippen molar-refractivity contribution in [2.75, 3.05) is 6.54 Å². The number of hydrogen-bond donors (Lipinski definition) is 2. The highest BCUT2D eigenvalue weighted by molar-refractivity contribution is 5.71. The summed E-state index contributed by atoms with van der Waals surface area (Å²) in [7, 11) is 0. The second kappa shape index (κ2) is 5.67. The molecular weight excluding hydrogens is 202 g/mol. The van der Waals surface area contributed by atoms with Gasteiger partial charge < -0.3 is 10.4 Å². The number of aliphatic carboxylic acids is 1. The van der Waals surface area contributed by atoms with Crippen LogP contribution in [0.2, 0.25) is 0 Å². The smallest absolute Gasteiger partial charge is 0.308 e. The van der Waals surface area contributed by atoms with Crippen LogP contribution in [0.1, 0.15) is 51.4 Å². The minimum Gasteiger partial charge on any atom is -0.481 e. The number of rotatable bonds is 4. The Hall–Kier alpha value is -0.570. The van der Waals surface area contributed by atoms with E-state index in [0.29, 0.717) is 0 Å². The third-order valence-corrected chi connectivity index (χ3v) is 4.28. The molecule has 1 saturated carbocycles. The molecule has 2 atom stereocenters. The standard InChI is InChI=1S/C13H23NO2/c15-13(16)11-8-9-14-12(11)7-6-10-4-2-1-3-5-10/h10-12,14H,1-9H2,(H,15,16). The van der Waals surface area contributed by atoms with Crippen LogP contribution in [-0.2, 0) is 4.79 Å². The summed E-state index contributed by atoms with van der Waals surface area (Å²) < 4.78 is 0. The van der Waals surface area contributed by atoms with Crippen LogP contribution < -0.4 is 5.32 Å². The van der Waals surface area contributed by atoms with Crippen molar-refractivity contribution in [3.8, 4) is 0 Å². The molecule has 2 rings (SSSR count). The largest absolute Gasteiger partial charge is 0.481 e. The summed E-state index contributed by atoms with van der Waals surface area (Å²) in [5, 5.41) is 12.4. The van der Waals surface area contributed by atoms with Gasteiger partial charge in [-0.15, -0.1) is 0 Å². The number of hydrogen-bond acceptors (Lipinski definition) is 2. The van der Waals surface area contributed by atoms with E-state index < -0.39 is 5.97 Å². The van der Waals surface area contributed by atoms with Crippen LogP contribution in [0.3, 0.4) is 0 Å². The molecule has 0 radical (unpaired) electrons. The van der Waals surface area contributed by atoms with Gasteiger partial charge in [-0.1, -0.05) is 32.1 Å². The lowest BCUT2D eigenvalue weighted by atomic mass is 9.84. The van der Waals surface area contributed by atoms with Gasteiger partial charge in [-0.2, -0.15) is 0 Å². The molecule has 1 aliphatic carbocycles. The molecule has 1 saturated heterocycles. The molecule has 0 aromatic rings. The number of carbonyl (C=O) groups is 1. The second-order valence-corrected chi connectivity index (χ2v) is 5.38. The van der Waals surface area contributed by atoms with E-state index >= 15 is 0 Å². The van der Waals surface area contributed by atoms with Crippen molar-refractivity contribution in [1.29, 1.82) is 0 Å². The van der Waals surface area contributed by atoms with E-state index in [0.717, 1.165) is 25.3 Å². The zero-order chi connectivity index (χ0) is 11.4. The van der Waals surface area contributed by atoms with Gasteiger partial charge in [0.1, 0.15) is 0 Å². The minimum atomic E-state index is -0.612. The number of carboxylic acid groups (broad SMARTS) is 1. The molecule has 16 heavy (non-hydrogen) atoms. The van der Waals surface area contributed by atoms with Crippen LogP contribution in [0.4, 0.5) is 0 Å². The van der Waals surface area contributed by atoms with Gasteiger partial charge in [0.25, 0.3) is 0 Å². The first-order valence-corrected chi connectivity index (χ1v) is 6.73. The van der Waals surface area contributed by atoms with Gasteiger partial charge in [-0.3, -0.25) is 4.79 Å². The van der Waals surface area contributed by atoms with Gasteiger partial charge in [-0.25, -0.2) is 0 Å². The van der Waals surface area contributed by atoms with Crippen LogP contribution in [0.25, 0.3) is 0 Å². The van der Waals surface area contributed by atoms with Crippen LogP contribution in [0.5, 0.6) is 0 Å². The molecule has 0 spiro atoms. The van der Waals surface area contributed by atoms with E-state index in [1.165, 1.54) is 38.5 Å². The van der Waals surface area contributed by atoms with Crippen molar-refractivity contribution in [3.63, 3.8) is 0 Å². The molecule has 0 aromatic heterocycles. The van der Waals surface area contributed by atoms with Crippen LogP contribution in [0.15, 0.2) is 0 Å². The highest BCUT2D eigenvalue weighted by Crippen LogP contribution is 2.29. The fraction of sp³-hybridized carbons (Fsp3) is 0.923.